The summed E-state index contributed by atoms with van der Waals surface area (Å²) in [7, 11) is 0. The molecule has 1 heteroatoms. The number of pyridine rings is 1. The van der Waals surface area contributed by atoms with Gasteiger partial charge in [0.1, 0.15) is 0 Å². The van der Waals surface area contributed by atoms with Crippen molar-refractivity contribution in [2.75, 3.05) is 0 Å². The molecule has 0 spiro atoms. The molecule has 0 amide bonds. The first-order chi connectivity index (χ1) is 7.89. The van der Waals surface area contributed by atoms with Gasteiger partial charge in [-0.3, -0.25) is 4.98 Å². The Bertz CT molecular complexity index is 533. The summed E-state index contributed by atoms with van der Waals surface area (Å²) in [5, 5.41) is 1.29. The van der Waals surface area contributed by atoms with Gasteiger partial charge in [0, 0.05) is 16.5 Å². The minimum atomic E-state index is 0.113. The number of benzene rings is 1. The summed E-state index contributed by atoms with van der Waals surface area (Å²) < 4.78 is 0. The minimum absolute atomic E-state index is 0.113. The smallest absolute Gasteiger partial charge is 0.0708 e. The lowest BCUT2D eigenvalue weighted by atomic mass is 9.90. The van der Waals surface area contributed by atoms with Crippen molar-refractivity contribution in [3.63, 3.8) is 0 Å². The van der Waals surface area contributed by atoms with E-state index in [1.54, 1.807) is 0 Å². The van der Waals surface area contributed by atoms with E-state index in [1.807, 2.05) is 0 Å². The normalized spacial score (nSPS) is 12.4. The van der Waals surface area contributed by atoms with Crippen LogP contribution in [0.5, 0.6) is 0 Å². The maximum absolute atomic E-state index is 4.79. The number of rotatable bonds is 1. The molecular weight excluding hydrogens is 206 g/mol. The standard InChI is InChI=1S/C16H21N/c1-11(2)12-7-6-8-14-13(12)9-10-15(17-14)16(3,4)5/h6-11H,1-5H3. The number of nitrogens with zero attached hydrogens (tertiary/aromatic N) is 1. The average molecular weight is 227 g/mol. The Morgan fingerprint density at radius 3 is 2.29 bits per heavy atom. The van der Waals surface area contributed by atoms with E-state index in [0.29, 0.717) is 5.92 Å². The maximum atomic E-state index is 4.79. The van der Waals surface area contributed by atoms with Crippen LogP contribution in [0.25, 0.3) is 10.9 Å². The second kappa shape index (κ2) is 4.14. The molecule has 0 unspecified atom stereocenters. The van der Waals surface area contributed by atoms with Crippen LogP contribution < -0.4 is 0 Å². The van der Waals surface area contributed by atoms with Gasteiger partial charge in [-0.15, -0.1) is 0 Å². The lowest BCUT2D eigenvalue weighted by molar-refractivity contribution is 0.571. The van der Waals surface area contributed by atoms with Crippen molar-refractivity contribution in [3.8, 4) is 0 Å². The second-order valence-corrected chi connectivity index (χ2v) is 6.02. The molecule has 2 rings (SSSR count). The minimum Gasteiger partial charge on any atom is -0.252 e. The molecule has 0 aliphatic rings. The highest BCUT2D eigenvalue weighted by Gasteiger charge is 2.16. The molecule has 0 saturated heterocycles. The quantitative estimate of drug-likeness (QED) is 0.690. The highest BCUT2D eigenvalue weighted by atomic mass is 14.7. The third-order valence-electron chi connectivity index (χ3n) is 3.16. The van der Waals surface area contributed by atoms with Crippen LogP contribution in [-0.4, -0.2) is 4.98 Å². The van der Waals surface area contributed by atoms with E-state index in [0.717, 1.165) is 11.2 Å². The largest absolute Gasteiger partial charge is 0.252 e. The lowest BCUT2D eigenvalue weighted by Crippen LogP contribution is -2.13. The van der Waals surface area contributed by atoms with Gasteiger partial charge in [0.15, 0.2) is 0 Å². The van der Waals surface area contributed by atoms with Crippen LogP contribution in [0, 0.1) is 0 Å². The number of aromatic nitrogens is 1. The average Bonchev–Trinajstić information content (AvgIpc) is 2.26. The first kappa shape index (κ1) is 12.1. The predicted octanol–water partition coefficient (Wildman–Crippen LogP) is 4.66. The molecule has 1 aromatic heterocycles. The Morgan fingerprint density at radius 2 is 1.71 bits per heavy atom. The molecule has 1 heterocycles. The Labute approximate surface area is 104 Å². The molecule has 0 radical (unpaired) electrons. The maximum Gasteiger partial charge on any atom is 0.0708 e. The number of hydrogen-bond acceptors (Lipinski definition) is 1. The SMILES string of the molecule is CC(C)c1cccc2nc(C(C)(C)C)ccc12. The summed E-state index contributed by atoms with van der Waals surface area (Å²) in [4.78, 5) is 4.79. The van der Waals surface area contributed by atoms with Crippen LogP contribution in [0.2, 0.25) is 0 Å². The van der Waals surface area contributed by atoms with Crippen LogP contribution in [0.4, 0.5) is 0 Å². The summed E-state index contributed by atoms with van der Waals surface area (Å²) in [6, 6.07) is 10.8. The van der Waals surface area contributed by atoms with Gasteiger partial charge in [0.05, 0.1) is 5.52 Å². The molecular formula is C16H21N. The van der Waals surface area contributed by atoms with E-state index < -0.39 is 0 Å². The van der Waals surface area contributed by atoms with E-state index in [9.17, 15) is 0 Å². The molecule has 0 aliphatic carbocycles. The van der Waals surface area contributed by atoms with Crippen LogP contribution in [0.15, 0.2) is 30.3 Å². The molecule has 1 aromatic carbocycles. The van der Waals surface area contributed by atoms with Crippen LogP contribution in [0.3, 0.4) is 0 Å². The van der Waals surface area contributed by atoms with Gasteiger partial charge >= 0.3 is 0 Å². The molecule has 90 valence electrons. The monoisotopic (exact) mass is 227 g/mol. The van der Waals surface area contributed by atoms with Gasteiger partial charge in [-0.2, -0.15) is 0 Å². The van der Waals surface area contributed by atoms with E-state index in [1.165, 1.54) is 10.9 Å². The fraction of sp³-hybridized carbons (Fsp3) is 0.438. The summed E-state index contributed by atoms with van der Waals surface area (Å²) in [6.45, 7) is 11.1. The summed E-state index contributed by atoms with van der Waals surface area (Å²) in [5.41, 5.74) is 3.77. The molecule has 17 heavy (non-hydrogen) atoms. The summed E-state index contributed by atoms with van der Waals surface area (Å²) in [6.07, 6.45) is 0. The fourth-order valence-corrected chi connectivity index (χ4v) is 2.10. The van der Waals surface area contributed by atoms with Crippen molar-refractivity contribution < 1.29 is 0 Å². The Kier molecular flexibility index (Phi) is 2.94. The molecule has 0 fully saturated rings. The van der Waals surface area contributed by atoms with Gasteiger partial charge in [0.25, 0.3) is 0 Å². The number of fused-ring (bicyclic) bond motifs is 1. The third kappa shape index (κ3) is 2.33. The van der Waals surface area contributed by atoms with Gasteiger partial charge in [-0.05, 0) is 23.6 Å². The molecule has 1 nitrogen and oxygen atoms in total. The van der Waals surface area contributed by atoms with Gasteiger partial charge in [-0.25, -0.2) is 0 Å². The Morgan fingerprint density at radius 1 is 1.00 bits per heavy atom. The van der Waals surface area contributed by atoms with Crippen molar-refractivity contribution >= 4 is 10.9 Å². The molecule has 0 atom stereocenters. The van der Waals surface area contributed by atoms with Gasteiger partial charge in [-0.1, -0.05) is 52.8 Å². The zero-order valence-electron chi connectivity index (χ0n) is 11.4. The predicted molar refractivity (Wildman–Crippen MR) is 74.5 cm³/mol. The van der Waals surface area contributed by atoms with Crippen LogP contribution in [-0.2, 0) is 5.41 Å². The summed E-state index contributed by atoms with van der Waals surface area (Å²) >= 11 is 0. The van der Waals surface area contributed by atoms with Crippen molar-refractivity contribution in [3.05, 3.63) is 41.6 Å². The number of hydrogen-bond donors (Lipinski definition) is 0. The zero-order valence-corrected chi connectivity index (χ0v) is 11.4. The Balaban J connectivity index is 2.65. The van der Waals surface area contributed by atoms with Crippen LogP contribution >= 0.6 is 0 Å². The highest BCUT2D eigenvalue weighted by Crippen LogP contribution is 2.27. The van der Waals surface area contributed by atoms with Gasteiger partial charge in [0.2, 0.25) is 0 Å². The first-order valence-electron chi connectivity index (χ1n) is 6.30. The van der Waals surface area contributed by atoms with Crippen molar-refractivity contribution in [2.45, 2.75) is 46.0 Å². The van der Waals surface area contributed by atoms with E-state index in [2.05, 4.69) is 65.0 Å². The Hall–Kier alpha value is -1.37. The fourth-order valence-electron chi connectivity index (χ4n) is 2.10. The van der Waals surface area contributed by atoms with E-state index >= 15 is 0 Å². The lowest BCUT2D eigenvalue weighted by Gasteiger charge is -2.19. The van der Waals surface area contributed by atoms with Gasteiger partial charge < -0.3 is 0 Å². The molecule has 0 bridgehead atoms. The highest BCUT2D eigenvalue weighted by molar-refractivity contribution is 5.83. The molecule has 0 aliphatic heterocycles. The van der Waals surface area contributed by atoms with Crippen molar-refractivity contribution in [1.82, 2.24) is 4.98 Å². The van der Waals surface area contributed by atoms with Crippen molar-refractivity contribution in [2.24, 2.45) is 0 Å². The topological polar surface area (TPSA) is 12.9 Å². The first-order valence-corrected chi connectivity index (χ1v) is 6.30. The van der Waals surface area contributed by atoms with E-state index in [4.69, 9.17) is 4.98 Å². The molecule has 0 saturated carbocycles. The molecule has 0 N–H and O–H groups in total. The molecule has 2 aromatic rings. The third-order valence-corrected chi connectivity index (χ3v) is 3.16. The van der Waals surface area contributed by atoms with Crippen LogP contribution in [0.1, 0.15) is 51.8 Å². The van der Waals surface area contributed by atoms with E-state index in [-0.39, 0.29) is 5.41 Å². The zero-order chi connectivity index (χ0) is 12.6. The van der Waals surface area contributed by atoms with Crippen molar-refractivity contribution in [1.29, 1.82) is 0 Å². The second-order valence-electron chi connectivity index (χ2n) is 6.02. The summed E-state index contributed by atoms with van der Waals surface area (Å²) in [5.74, 6) is 0.543.